The van der Waals surface area contributed by atoms with Crippen LogP contribution in [0.25, 0.3) is 0 Å². The second-order valence-electron chi connectivity index (χ2n) is 4.40. The molecule has 0 saturated heterocycles. The topological polar surface area (TPSA) is 17.8 Å². The molecular formula is C12H22N2. The van der Waals surface area contributed by atoms with Crippen molar-refractivity contribution in [2.75, 3.05) is 0 Å². The number of aryl methyl sites for hydroxylation is 1. The second-order valence-corrected chi connectivity index (χ2v) is 4.40. The molecule has 1 aromatic heterocycles. The normalized spacial score (nSPS) is 12.0. The van der Waals surface area contributed by atoms with Crippen molar-refractivity contribution in [1.82, 2.24) is 9.78 Å². The standard InChI is InChI=1S/C12H22N2/c1-5-12(4,6-2)8-11-9-13-14(7-3)10-11/h9-10H,5-8H2,1-4H3. The molecule has 1 heterocycles. The molecular weight excluding hydrogens is 172 g/mol. The fourth-order valence-electron chi connectivity index (χ4n) is 1.66. The lowest BCUT2D eigenvalue weighted by Gasteiger charge is -2.25. The molecule has 14 heavy (non-hydrogen) atoms. The third-order valence-corrected chi connectivity index (χ3v) is 3.35. The highest BCUT2D eigenvalue weighted by Gasteiger charge is 2.20. The van der Waals surface area contributed by atoms with Crippen LogP contribution in [0.1, 0.15) is 46.1 Å². The third kappa shape index (κ3) is 2.60. The first kappa shape index (κ1) is 11.3. The Kier molecular flexibility index (Phi) is 3.73. The van der Waals surface area contributed by atoms with Crippen molar-refractivity contribution in [3.05, 3.63) is 18.0 Å². The Bertz CT molecular complexity index is 272. The van der Waals surface area contributed by atoms with Crippen molar-refractivity contribution >= 4 is 0 Å². The molecule has 0 aliphatic rings. The monoisotopic (exact) mass is 194 g/mol. The smallest absolute Gasteiger partial charge is 0.0521 e. The summed E-state index contributed by atoms with van der Waals surface area (Å²) in [6, 6.07) is 0. The Morgan fingerprint density at radius 2 is 1.93 bits per heavy atom. The first-order valence-electron chi connectivity index (χ1n) is 5.65. The predicted octanol–water partition coefficient (Wildman–Crippen LogP) is 3.27. The van der Waals surface area contributed by atoms with Crippen molar-refractivity contribution in [2.24, 2.45) is 5.41 Å². The van der Waals surface area contributed by atoms with Gasteiger partial charge in [-0.25, -0.2) is 0 Å². The Morgan fingerprint density at radius 3 is 2.36 bits per heavy atom. The highest BCUT2D eigenvalue weighted by Crippen LogP contribution is 2.29. The minimum absolute atomic E-state index is 0.446. The van der Waals surface area contributed by atoms with Crippen LogP contribution in [0.5, 0.6) is 0 Å². The number of hydrogen-bond acceptors (Lipinski definition) is 1. The minimum Gasteiger partial charge on any atom is -0.273 e. The van der Waals surface area contributed by atoms with E-state index in [1.54, 1.807) is 0 Å². The molecule has 0 spiro atoms. The van der Waals surface area contributed by atoms with Gasteiger partial charge in [-0.1, -0.05) is 33.6 Å². The number of rotatable bonds is 5. The Balaban J connectivity index is 2.67. The summed E-state index contributed by atoms with van der Waals surface area (Å²) in [7, 11) is 0. The average molecular weight is 194 g/mol. The van der Waals surface area contributed by atoms with Gasteiger partial charge in [-0.15, -0.1) is 0 Å². The van der Waals surface area contributed by atoms with Crippen LogP contribution in [0.15, 0.2) is 12.4 Å². The summed E-state index contributed by atoms with van der Waals surface area (Å²) in [6.45, 7) is 9.99. The highest BCUT2D eigenvalue weighted by molar-refractivity contribution is 5.06. The van der Waals surface area contributed by atoms with E-state index < -0.39 is 0 Å². The van der Waals surface area contributed by atoms with Crippen LogP contribution in [0.2, 0.25) is 0 Å². The zero-order valence-electron chi connectivity index (χ0n) is 9.88. The quantitative estimate of drug-likeness (QED) is 0.703. The van der Waals surface area contributed by atoms with E-state index in [-0.39, 0.29) is 0 Å². The van der Waals surface area contributed by atoms with Crippen LogP contribution >= 0.6 is 0 Å². The summed E-state index contributed by atoms with van der Waals surface area (Å²) in [4.78, 5) is 0. The maximum absolute atomic E-state index is 4.30. The summed E-state index contributed by atoms with van der Waals surface area (Å²) in [5.41, 5.74) is 1.82. The maximum Gasteiger partial charge on any atom is 0.0521 e. The van der Waals surface area contributed by atoms with Crippen molar-refractivity contribution < 1.29 is 0 Å². The molecule has 0 amide bonds. The zero-order valence-corrected chi connectivity index (χ0v) is 9.88. The lowest BCUT2D eigenvalue weighted by molar-refractivity contribution is 0.296. The Morgan fingerprint density at radius 1 is 1.29 bits per heavy atom. The van der Waals surface area contributed by atoms with Gasteiger partial charge in [-0.3, -0.25) is 4.68 Å². The van der Waals surface area contributed by atoms with Gasteiger partial charge in [0.1, 0.15) is 0 Å². The average Bonchev–Trinajstić information content (AvgIpc) is 2.65. The van der Waals surface area contributed by atoms with Crippen molar-refractivity contribution in [1.29, 1.82) is 0 Å². The van der Waals surface area contributed by atoms with E-state index >= 15 is 0 Å². The largest absolute Gasteiger partial charge is 0.273 e. The molecule has 0 atom stereocenters. The lowest BCUT2D eigenvalue weighted by atomic mass is 9.80. The molecule has 0 fully saturated rings. The van der Waals surface area contributed by atoms with Crippen LogP contribution in [0.4, 0.5) is 0 Å². The van der Waals surface area contributed by atoms with E-state index in [1.165, 1.54) is 18.4 Å². The molecule has 0 aliphatic heterocycles. The second kappa shape index (κ2) is 4.63. The lowest BCUT2D eigenvalue weighted by Crippen LogP contribution is -2.16. The molecule has 80 valence electrons. The minimum atomic E-state index is 0.446. The van der Waals surface area contributed by atoms with Crippen molar-refractivity contribution in [3.8, 4) is 0 Å². The van der Waals surface area contributed by atoms with E-state index in [0.717, 1.165) is 13.0 Å². The predicted molar refractivity (Wildman–Crippen MR) is 60.3 cm³/mol. The van der Waals surface area contributed by atoms with Crippen LogP contribution in [-0.4, -0.2) is 9.78 Å². The fraction of sp³-hybridized carbons (Fsp3) is 0.750. The molecule has 0 bridgehead atoms. The first-order valence-corrected chi connectivity index (χ1v) is 5.65. The van der Waals surface area contributed by atoms with Gasteiger partial charge in [0, 0.05) is 12.7 Å². The molecule has 0 saturated carbocycles. The Labute approximate surface area is 87.3 Å². The van der Waals surface area contributed by atoms with Crippen LogP contribution in [0, 0.1) is 5.41 Å². The molecule has 0 radical (unpaired) electrons. The maximum atomic E-state index is 4.30. The van der Waals surface area contributed by atoms with E-state index in [1.807, 2.05) is 10.9 Å². The highest BCUT2D eigenvalue weighted by atomic mass is 15.3. The van der Waals surface area contributed by atoms with Gasteiger partial charge in [-0.2, -0.15) is 5.10 Å². The van der Waals surface area contributed by atoms with E-state index in [2.05, 4.69) is 39.0 Å². The van der Waals surface area contributed by atoms with E-state index in [0.29, 0.717) is 5.41 Å². The van der Waals surface area contributed by atoms with Gasteiger partial charge in [0.15, 0.2) is 0 Å². The Hall–Kier alpha value is -0.790. The molecule has 1 rings (SSSR count). The number of hydrogen-bond donors (Lipinski definition) is 0. The molecule has 2 heteroatoms. The summed E-state index contributed by atoms with van der Waals surface area (Å²) >= 11 is 0. The van der Waals surface area contributed by atoms with Gasteiger partial charge in [-0.05, 0) is 24.3 Å². The van der Waals surface area contributed by atoms with E-state index in [9.17, 15) is 0 Å². The van der Waals surface area contributed by atoms with Crippen LogP contribution < -0.4 is 0 Å². The van der Waals surface area contributed by atoms with Gasteiger partial charge in [0.05, 0.1) is 6.20 Å². The molecule has 0 N–H and O–H groups in total. The molecule has 2 nitrogen and oxygen atoms in total. The van der Waals surface area contributed by atoms with E-state index in [4.69, 9.17) is 0 Å². The molecule has 0 aliphatic carbocycles. The fourth-order valence-corrected chi connectivity index (χ4v) is 1.66. The first-order chi connectivity index (χ1) is 6.63. The zero-order chi connectivity index (χ0) is 10.6. The van der Waals surface area contributed by atoms with Crippen molar-refractivity contribution in [2.45, 2.75) is 53.5 Å². The van der Waals surface area contributed by atoms with Gasteiger partial charge in [0.25, 0.3) is 0 Å². The number of aromatic nitrogens is 2. The van der Waals surface area contributed by atoms with Gasteiger partial charge < -0.3 is 0 Å². The van der Waals surface area contributed by atoms with Crippen LogP contribution in [0.3, 0.4) is 0 Å². The van der Waals surface area contributed by atoms with Crippen molar-refractivity contribution in [3.63, 3.8) is 0 Å². The molecule has 0 unspecified atom stereocenters. The van der Waals surface area contributed by atoms with Crippen LogP contribution in [-0.2, 0) is 13.0 Å². The number of nitrogens with zero attached hydrogens (tertiary/aromatic N) is 2. The van der Waals surface area contributed by atoms with Gasteiger partial charge in [0.2, 0.25) is 0 Å². The summed E-state index contributed by atoms with van der Waals surface area (Å²) in [5, 5.41) is 4.30. The molecule has 0 aromatic carbocycles. The SMILES string of the molecule is CCn1cc(CC(C)(CC)CC)cn1. The molecule has 1 aromatic rings. The third-order valence-electron chi connectivity index (χ3n) is 3.35. The summed E-state index contributed by atoms with van der Waals surface area (Å²) < 4.78 is 2.00. The summed E-state index contributed by atoms with van der Waals surface area (Å²) in [5.74, 6) is 0. The summed E-state index contributed by atoms with van der Waals surface area (Å²) in [6.07, 6.45) is 7.80. The van der Waals surface area contributed by atoms with Gasteiger partial charge >= 0.3 is 0 Å².